The molecule has 1 rings (SSSR count). The third kappa shape index (κ3) is 4.51. The van der Waals surface area contributed by atoms with Gasteiger partial charge in [0.25, 0.3) is 0 Å². The molecule has 0 saturated heterocycles. The lowest BCUT2D eigenvalue weighted by Gasteiger charge is -2.29. The topological polar surface area (TPSA) is 62.2 Å². The van der Waals surface area contributed by atoms with Crippen molar-refractivity contribution in [3.63, 3.8) is 0 Å². The summed E-state index contributed by atoms with van der Waals surface area (Å²) in [6.07, 6.45) is 4.36. The van der Waals surface area contributed by atoms with Gasteiger partial charge in [0.15, 0.2) is 0 Å². The van der Waals surface area contributed by atoms with Gasteiger partial charge in [-0.25, -0.2) is 9.78 Å². The number of thioether (sulfide) groups is 1. The summed E-state index contributed by atoms with van der Waals surface area (Å²) in [5.41, 5.74) is 0.864. The monoisotopic (exact) mass is 282 g/mol. The van der Waals surface area contributed by atoms with Crippen molar-refractivity contribution in [2.24, 2.45) is 0 Å². The van der Waals surface area contributed by atoms with Gasteiger partial charge >= 0.3 is 5.97 Å². The van der Waals surface area contributed by atoms with Gasteiger partial charge in [0.2, 0.25) is 0 Å². The zero-order valence-electron chi connectivity index (χ0n) is 11.8. The molecule has 0 unspecified atom stereocenters. The Kier molecular flexibility index (Phi) is 6.31. The molecule has 0 aromatic carbocycles. The maximum atomic E-state index is 10.8. The summed E-state index contributed by atoms with van der Waals surface area (Å²) in [5.74, 6) is -0.984. The molecule has 0 saturated carbocycles. The molecule has 106 valence electrons. The van der Waals surface area contributed by atoms with Crippen LogP contribution in [0.2, 0.25) is 0 Å². The smallest absolute Gasteiger partial charge is 0.354 e. The molecule has 1 aromatic rings. The molecule has 4 nitrogen and oxygen atoms in total. The van der Waals surface area contributed by atoms with Crippen LogP contribution in [0.15, 0.2) is 18.2 Å². The van der Waals surface area contributed by atoms with E-state index in [1.807, 2.05) is 17.8 Å². The van der Waals surface area contributed by atoms with Crippen molar-refractivity contribution in [2.45, 2.75) is 38.0 Å². The second kappa shape index (κ2) is 7.50. The van der Waals surface area contributed by atoms with Crippen LogP contribution in [0.1, 0.15) is 42.9 Å². The zero-order valence-corrected chi connectivity index (χ0v) is 12.6. The van der Waals surface area contributed by atoms with Crippen LogP contribution in [0.5, 0.6) is 0 Å². The zero-order chi connectivity index (χ0) is 14.3. The van der Waals surface area contributed by atoms with E-state index >= 15 is 0 Å². The lowest BCUT2D eigenvalue weighted by Crippen LogP contribution is -2.36. The molecule has 2 N–H and O–H groups in total. The lowest BCUT2D eigenvalue weighted by molar-refractivity contribution is 0.0690. The molecule has 0 aliphatic carbocycles. The van der Waals surface area contributed by atoms with Crippen molar-refractivity contribution in [1.82, 2.24) is 10.3 Å². The fraction of sp³-hybridized carbons (Fsp3) is 0.571. The largest absolute Gasteiger partial charge is 0.477 e. The Labute approximate surface area is 119 Å². The van der Waals surface area contributed by atoms with Crippen LogP contribution in [-0.4, -0.2) is 33.6 Å². The van der Waals surface area contributed by atoms with Crippen molar-refractivity contribution in [2.75, 3.05) is 12.8 Å². The number of carbonyl (C=O) groups is 1. The van der Waals surface area contributed by atoms with Gasteiger partial charge in [-0.3, -0.25) is 0 Å². The minimum Gasteiger partial charge on any atom is -0.477 e. The molecule has 0 spiro atoms. The minimum atomic E-state index is -0.984. The molecule has 0 fully saturated rings. The molecule has 0 radical (unpaired) electrons. The molecule has 0 bridgehead atoms. The summed E-state index contributed by atoms with van der Waals surface area (Å²) >= 11 is 1.88. The first-order valence-electron chi connectivity index (χ1n) is 6.52. The number of aromatic carboxylic acids is 1. The second-order valence-electron chi connectivity index (χ2n) is 4.52. The van der Waals surface area contributed by atoms with Crippen LogP contribution in [0.4, 0.5) is 0 Å². The highest BCUT2D eigenvalue weighted by Crippen LogP contribution is 2.29. The molecule has 1 aromatic heterocycles. The number of hydrogen-bond donors (Lipinski definition) is 2. The van der Waals surface area contributed by atoms with Crippen molar-refractivity contribution >= 4 is 17.7 Å². The molecule has 1 heterocycles. The maximum absolute atomic E-state index is 10.8. The van der Waals surface area contributed by atoms with Crippen LogP contribution >= 0.6 is 11.8 Å². The van der Waals surface area contributed by atoms with Gasteiger partial charge in [-0.15, -0.1) is 0 Å². The highest BCUT2D eigenvalue weighted by molar-refractivity contribution is 8.00. The van der Waals surface area contributed by atoms with E-state index in [4.69, 9.17) is 5.11 Å². The number of nitrogens with one attached hydrogen (secondary N) is 1. The Bertz CT molecular complexity index is 411. The Hall–Kier alpha value is -1.07. The van der Waals surface area contributed by atoms with E-state index in [1.54, 1.807) is 6.07 Å². The minimum absolute atomic E-state index is 0.0985. The van der Waals surface area contributed by atoms with E-state index in [2.05, 4.69) is 30.4 Å². The number of nitrogens with zero attached hydrogens (tertiary/aromatic N) is 1. The first-order valence-corrected chi connectivity index (χ1v) is 7.74. The average molecular weight is 282 g/mol. The van der Waals surface area contributed by atoms with Crippen molar-refractivity contribution in [1.29, 1.82) is 0 Å². The fourth-order valence-electron chi connectivity index (χ4n) is 1.98. The normalized spacial score (nSPS) is 11.5. The second-order valence-corrected chi connectivity index (χ2v) is 5.79. The van der Waals surface area contributed by atoms with Gasteiger partial charge in [-0.1, -0.05) is 19.9 Å². The summed E-state index contributed by atoms with van der Waals surface area (Å²) < 4.78 is 0.254. The molecule has 0 aliphatic rings. The van der Waals surface area contributed by atoms with E-state index < -0.39 is 5.97 Å². The first kappa shape index (κ1) is 16.0. The Morgan fingerprint density at radius 3 is 2.63 bits per heavy atom. The molecular formula is C14H22N2O2S. The first-order chi connectivity index (χ1) is 9.06. The molecule has 0 aliphatic heterocycles. The third-order valence-corrected chi connectivity index (χ3v) is 5.09. The van der Waals surface area contributed by atoms with Gasteiger partial charge in [-0.2, -0.15) is 11.8 Å². The number of rotatable bonds is 8. The Morgan fingerprint density at radius 2 is 2.11 bits per heavy atom. The van der Waals surface area contributed by atoms with Crippen molar-refractivity contribution < 1.29 is 9.90 Å². The Morgan fingerprint density at radius 1 is 1.42 bits per heavy atom. The van der Waals surface area contributed by atoms with E-state index in [9.17, 15) is 4.79 Å². The standard InChI is InChI=1S/C14H22N2O2S/c1-4-14(5-2,19-3)10-15-9-11-7-6-8-12(16-11)13(17)18/h6-8,15H,4-5,9-10H2,1-3H3,(H,17,18). The van der Waals surface area contributed by atoms with Crippen LogP contribution in [-0.2, 0) is 6.54 Å². The lowest BCUT2D eigenvalue weighted by atomic mass is 10.0. The highest BCUT2D eigenvalue weighted by atomic mass is 32.2. The molecule has 0 amide bonds. The van der Waals surface area contributed by atoms with E-state index in [0.29, 0.717) is 6.54 Å². The van der Waals surface area contributed by atoms with E-state index in [0.717, 1.165) is 25.1 Å². The van der Waals surface area contributed by atoms with Crippen molar-refractivity contribution in [3.05, 3.63) is 29.6 Å². The maximum Gasteiger partial charge on any atom is 0.354 e. The number of carboxylic acids is 1. The number of pyridine rings is 1. The highest BCUT2D eigenvalue weighted by Gasteiger charge is 2.24. The number of hydrogen-bond acceptors (Lipinski definition) is 4. The van der Waals surface area contributed by atoms with Crippen LogP contribution in [0.25, 0.3) is 0 Å². The van der Waals surface area contributed by atoms with Gasteiger partial charge < -0.3 is 10.4 Å². The molecule has 19 heavy (non-hydrogen) atoms. The average Bonchev–Trinajstić information content (AvgIpc) is 2.44. The SMILES string of the molecule is CCC(CC)(CNCc1cccc(C(=O)O)n1)SC. The van der Waals surface area contributed by atoms with Crippen LogP contribution in [0.3, 0.4) is 0 Å². The molecular weight excluding hydrogens is 260 g/mol. The van der Waals surface area contributed by atoms with E-state index in [-0.39, 0.29) is 10.4 Å². The quantitative estimate of drug-likeness (QED) is 0.767. The summed E-state index contributed by atoms with van der Waals surface area (Å²) in [5, 5.41) is 12.3. The van der Waals surface area contributed by atoms with Gasteiger partial charge in [0.05, 0.1) is 5.69 Å². The predicted molar refractivity (Wildman–Crippen MR) is 79.7 cm³/mol. The van der Waals surface area contributed by atoms with Gasteiger partial charge in [-0.05, 0) is 31.2 Å². The van der Waals surface area contributed by atoms with Crippen LogP contribution < -0.4 is 5.32 Å². The summed E-state index contributed by atoms with van der Waals surface area (Å²) in [6, 6.07) is 5.09. The number of carboxylic acid groups (broad SMARTS) is 1. The van der Waals surface area contributed by atoms with Crippen molar-refractivity contribution in [3.8, 4) is 0 Å². The van der Waals surface area contributed by atoms with Gasteiger partial charge in [0, 0.05) is 17.8 Å². The molecule has 5 heteroatoms. The summed E-state index contributed by atoms with van der Waals surface area (Å²) in [7, 11) is 0. The van der Waals surface area contributed by atoms with Crippen LogP contribution in [0, 0.1) is 0 Å². The Balaban J connectivity index is 2.57. The summed E-state index contributed by atoms with van der Waals surface area (Å²) in [4.78, 5) is 14.9. The molecule has 0 atom stereocenters. The predicted octanol–water partition coefficient (Wildman–Crippen LogP) is 2.79. The van der Waals surface area contributed by atoms with Gasteiger partial charge in [0.1, 0.15) is 5.69 Å². The fourth-order valence-corrected chi connectivity index (χ4v) is 2.80. The summed E-state index contributed by atoms with van der Waals surface area (Å²) in [6.45, 7) is 5.90. The third-order valence-electron chi connectivity index (χ3n) is 3.50. The van der Waals surface area contributed by atoms with E-state index in [1.165, 1.54) is 6.07 Å². The number of aromatic nitrogens is 1.